The van der Waals surface area contributed by atoms with E-state index < -0.39 is 0 Å². The van der Waals surface area contributed by atoms with Crippen LogP contribution in [0.15, 0.2) is 29.4 Å². The molecular formula is C23H34N4O2S. The Kier molecular flexibility index (Phi) is 8.61. The normalized spacial score (nSPS) is 15.7. The van der Waals surface area contributed by atoms with E-state index in [4.69, 9.17) is 4.74 Å². The number of ether oxygens (including phenoxy) is 1. The summed E-state index contributed by atoms with van der Waals surface area (Å²) in [6, 6.07) is 7.87. The van der Waals surface area contributed by atoms with Crippen LogP contribution in [0.5, 0.6) is 5.75 Å². The van der Waals surface area contributed by atoms with Crippen LogP contribution in [0, 0.1) is 5.92 Å². The lowest BCUT2D eigenvalue weighted by molar-refractivity contribution is -0.120. The molecule has 1 saturated carbocycles. The molecule has 2 aromatic rings. The Hall–Kier alpha value is -2.02. The number of nitrogens with zero attached hydrogens (tertiary/aromatic N) is 3. The molecule has 3 rings (SSSR count). The summed E-state index contributed by atoms with van der Waals surface area (Å²) < 4.78 is 7.40. The number of hydrogen-bond acceptors (Lipinski definition) is 5. The Morgan fingerprint density at radius 1 is 1.23 bits per heavy atom. The van der Waals surface area contributed by atoms with E-state index in [2.05, 4.69) is 27.0 Å². The zero-order valence-corrected chi connectivity index (χ0v) is 19.2. The number of carbonyl (C=O) groups is 1. The summed E-state index contributed by atoms with van der Waals surface area (Å²) in [6.07, 6.45) is 8.51. The Balaban J connectivity index is 1.67. The smallest absolute Gasteiger partial charge is 0.233 e. The molecule has 0 bridgehead atoms. The van der Waals surface area contributed by atoms with Crippen LogP contribution in [-0.4, -0.2) is 39.6 Å². The second-order valence-corrected chi connectivity index (χ2v) is 9.36. The van der Waals surface area contributed by atoms with Crippen molar-refractivity contribution in [3.63, 3.8) is 0 Å². The molecule has 0 aliphatic heterocycles. The van der Waals surface area contributed by atoms with E-state index >= 15 is 0 Å². The number of methoxy groups -OCH3 is 1. The minimum atomic E-state index is -0.207. The van der Waals surface area contributed by atoms with Crippen LogP contribution in [0.3, 0.4) is 0 Å². The van der Waals surface area contributed by atoms with Gasteiger partial charge in [-0.05, 0) is 56.4 Å². The third-order valence-corrected chi connectivity index (χ3v) is 6.82. The van der Waals surface area contributed by atoms with E-state index in [0.29, 0.717) is 5.92 Å². The SMILES string of the molecule is CCCCn1c(SC(C)C(=O)NCC2CCCCC2)nnc1-c1ccc(OC)cc1. The van der Waals surface area contributed by atoms with Gasteiger partial charge in [0.15, 0.2) is 11.0 Å². The monoisotopic (exact) mass is 430 g/mol. The Morgan fingerprint density at radius 2 is 1.97 bits per heavy atom. The fourth-order valence-electron chi connectivity index (χ4n) is 3.84. The largest absolute Gasteiger partial charge is 0.497 e. The summed E-state index contributed by atoms with van der Waals surface area (Å²) >= 11 is 1.49. The lowest BCUT2D eigenvalue weighted by atomic mass is 9.89. The molecule has 1 N–H and O–H groups in total. The maximum atomic E-state index is 12.7. The Morgan fingerprint density at radius 3 is 2.63 bits per heavy atom. The van der Waals surface area contributed by atoms with Crippen molar-refractivity contribution in [3.8, 4) is 17.1 Å². The first kappa shape index (κ1) is 22.7. The molecule has 1 heterocycles. The summed E-state index contributed by atoms with van der Waals surface area (Å²) in [7, 11) is 1.66. The van der Waals surface area contributed by atoms with Crippen LogP contribution in [-0.2, 0) is 11.3 Å². The van der Waals surface area contributed by atoms with Crippen LogP contribution in [0.2, 0.25) is 0 Å². The van der Waals surface area contributed by atoms with E-state index in [1.807, 2.05) is 31.2 Å². The Labute approximate surface area is 184 Å². The molecule has 0 spiro atoms. The average Bonchev–Trinajstić information content (AvgIpc) is 3.18. The van der Waals surface area contributed by atoms with Gasteiger partial charge in [0.2, 0.25) is 5.91 Å². The van der Waals surface area contributed by atoms with Crippen LogP contribution < -0.4 is 10.1 Å². The number of unbranched alkanes of at least 4 members (excludes halogenated alkanes) is 1. The van der Waals surface area contributed by atoms with E-state index in [1.165, 1.54) is 43.9 Å². The van der Waals surface area contributed by atoms with Crippen LogP contribution in [0.1, 0.15) is 58.8 Å². The van der Waals surface area contributed by atoms with Gasteiger partial charge in [-0.15, -0.1) is 10.2 Å². The predicted octanol–water partition coefficient (Wildman–Crippen LogP) is 4.93. The summed E-state index contributed by atoms with van der Waals surface area (Å²) in [4.78, 5) is 12.7. The molecule has 1 aliphatic rings. The van der Waals surface area contributed by atoms with Crippen molar-refractivity contribution in [2.75, 3.05) is 13.7 Å². The van der Waals surface area contributed by atoms with Crippen molar-refractivity contribution in [2.45, 2.75) is 75.7 Å². The predicted molar refractivity (Wildman–Crippen MR) is 122 cm³/mol. The first-order chi connectivity index (χ1) is 14.6. The molecular weight excluding hydrogens is 396 g/mol. The summed E-state index contributed by atoms with van der Waals surface area (Å²) in [5.41, 5.74) is 1.00. The Bertz CT molecular complexity index is 800. The van der Waals surface area contributed by atoms with Crippen molar-refractivity contribution in [2.24, 2.45) is 5.92 Å². The van der Waals surface area contributed by atoms with E-state index in [9.17, 15) is 4.79 Å². The second-order valence-electron chi connectivity index (χ2n) is 8.05. The number of amides is 1. The molecule has 1 unspecified atom stereocenters. The summed E-state index contributed by atoms with van der Waals surface area (Å²) in [5, 5.41) is 12.6. The first-order valence-corrected chi connectivity index (χ1v) is 12.0. The van der Waals surface area contributed by atoms with Gasteiger partial charge in [-0.1, -0.05) is 44.4 Å². The van der Waals surface area contributed by atoms with Crippen molar-refractivity contribution in [3.05, 3.63) is 24.3 Å². The van der Waals surface area contributed by atoms with Gasteiger partial charge in [0, 0.05) is 18.7 Å². The molecule has 30 heavy (non-hydrogen) atoms. The highest BCUT2D eigenvalue weighted by Gasteiger charge is 2.22. The highest BCUT2D eigenvalue weighted by atomic mass is 32.2. The van der Waals surface area contributed by atoms with Gasteiger partial charge in [-0.25, -0.2) is 0 Å². The van der Waals surface area contributed by atoms with Crippen LogP contribution in [0.4, 0.5) is 0 Å². The van der Waals surface area contributed by atoms with Gasteiger partial charge < -0.3 is 14.6 Å². The zero-order chi connectivity index (χ0) is 21.3. The number of nitrogens with one attached hydrogen (secondary N) is 1. The lowest BCUT2D eigenvalue weighted by Gasteiger charge is -2.22. The third-order valence-electron chi connectivity index (χ3n) is 5.74. The molecule has 0 saturated heterocycles. The van der Waals surface area contributed by atoms with Crippen LogP contribution in [0.25, 0.3) is 11.4 Å². The zero-order valence-electron chi connectivity index (χ0n) is 18.4. The van der Waals surface area contributed by atoms with Gasteiger partial charge >= 0.3 is 0 Å². The summed E-state index contributed by atoms with van der Waals surface area (Å²) in [5.74, 6) is 2.37. The van der Waals surface area contributed by atoms with Crippen molar-refractivity contribution < 1.29 is 9.53 Å². The number of rotatable bonds is 10. The maximum Gasteiger partial charge on any atom is 0.233 e. The number of thioether (sulfide) groups is 1. The number of benzene rings is 1. The maximum absolute atomic E-state index is 12.7. The highest BCUT2D eigenvalue weighted by Crippen LogP contribution is 2.29. The second kappa shape index (κ2) is 11.4. The minimum Gasteiger partial charge on any atom is -0.497 e. The lowest BCUT2D eigenvalue weighted by Crippen LogP contribution is -2.35. The van der Waals surface area contributed by atoms with Gasteiger partial charge in [-0.3, -0.25) is 4.79 Å². The number of aromatic nitrogens is 3. The van der Waals surface area contributed by atoms with E-state index in [1.54, 1.807) is 7.11 Å². The van der Waals surface area contributed by atoms with Crippen LogP contribution >= 0.6 is 11.8 Å². The fraction of sp³-hybridized carbons (Fsp3) is 0.609. The standard InChI is InChI=1S/C23H34N4O2S/c1-4-5-15-27-21(19-11-13-20(29-3)14-12-19)25-26-23(27)30-17(2)22(28)24-16-18-9-7-6-8-10-18/h11-14,17-18H,4-10,15-16H2,1-3H3,(H,24,28). The van der Waals surface area contributed by atoms with Crippen molar-refractivity contribution >= 4 is 17.7 Å². The van der Waals surface area contributed by atoms with E-state index in [0.717, 1.165) is 48.2 Å². The first-order valence-electron chi connectivity index (χ1n) is 11.1. The molecule has 1 aliphatic carbocycles. The molecule has 1 atom stereocenters. The molecule has 1 aromatic carbocycles. The van der Waals surface area contributed by atoms with Gasteiger partial charge in [-0.2, -0.15) is 0 Å². The highest BCUT2D eigenvalue weighted by molar-refractivity contribution is 8.00. The summed E-state index contributed by atoms with van der Waals surface area (Å²) in [6.45, 7) is 5.76. The number of carbonyl (C=O) groups excluding carboxylic acids is 1. The quantitative estimate of drug-likeness (QED) is 0.541. The molecule has 6 nitrogen and oxygen atoms in total. The third kappa shape index (κ3) is 6.00. The number of hydrogen-bond donors (Lipinski definition) is 1. The van der Waals surface area contributed by atoms with Crippen molar-refractivity contribution in [1.29, 1.82) is 0 Å². The molecule has 1 amide bonds. The van der Waals surface area contributed by atoms with Gasteiger partial charge in [0.25, 0.3) is 0 Å². The fourth-order valence-corrected chi connectivity index (χ4v) is 4.74. The van der Waals surface area contributed by atoms with Gasteiger partial charge in [0.1, 0.15) is 5.75 Å². The van der Waals surface area contributed by atoms with Gasteiger partial charge in [0.05, 0.1) is 12.4 Å². The molecule has 0 radical (unpaired) electrons. The van der Waals surface area contributed by atoms with Crippen molar-refractivity contribution in [1.82, 2.24) is 20.1 Å². The molecule has 1 aromatic heterocycles. The topological polar surface area (TPSA) is 69.0 Å². The average molecular weight is 431 g/mol. The molecule has 1 fully saturated rings. The molecule has 164 valence electrons. The minimum absolute atomic E-state index is 0.0848. The van der Waals surface area contributed by atoms with E-state index in [-0.39, 0.29) is 11.2 Å². The molecule has 7 heteroatoms.